The SMILES string of the molecule is CN1CCN(c2cc(-c3ccc(C(C)(C)C)cc3)nc3ccccc23)CC1. The molecule has 2 aromatic carbocycles. The summed E-state index contributed by atoms with van der Waals surface area (Å²) in [6.45, 7) is 11.1. The second-order valence-corrected chi connectivity index (χ2v) is 8.66. The molecule has 3 heteroatoms. The summed E-state index contributed by atoms with van der Waals surface area (Å²) in [7, 11) is 2.20. The second kappa shape index (κ2) is 6.97. The number of hydrogen-bond donors (Lipinski definition) is 0. The van der Waals surface area contributed by atoms with Crippen molar-refractivity contribution in [3.63, 3.8) is 0 Å². The topological polar surface area (TPSA) is 19.4 Å². The summed E-state index contributed by atoms with van der Waals surface area (Å²) in [5, 5.41) is 1.25. The van der Waals surface area contributed by atoms with Gasteiger partial charge in [0.1, 0.15) is 0 Å². The fourth-order valence-corrected chi connectivity index (χ4v) is 3.75. The normalized spacial score (nSPS) is 16.1. The summed E-state index contributed by atoms with van der Waals surface area (Å²) in [6.07, 6.45) is 0. The van der Waals surface area contributed by atoms with Gasteiger partial charge < -0.3 is 9.80 Å². The molecule has 0 bridgehead atoms. The standard InChI is InChI=1S/C24H29N3/c1-24(2,3)19-11-9-18(10-12-19)22-17-23(27-15-13-26(4)14-16-27)20-7-5-6-8-21(20)25-22/h5-12,17H,13-16H2,1-4H3. The minimum atomic E-state index is 0.167. The zero-order chi connectivity index (χ0) is 19.0. The molecule has 4 rings (SSSR count). The lowest BCUT2D eigenvalue weighted by atomic mass is 9.86. The molecule has 0 radical (unpaired) electrons. The lowest BCUT2D eigenvalue weighted by Gasteiger charge is -2.34. The molecular weight excluding hydrogens is 330 g/mol. The third-order valence-electron chi connectivity index (χ3n) is 5.58. The first-order valence-electron chi connectivity index (χ1n) is 9.86. The van der Waals surface area contributed by atoms with Gasteiger partial charge in [0.2, 0.25) is 0 Å². The van der Waals surface area contributed by atoms with Gasteiger partial charge in [-0.2, -0.15) is 0 Å². The van der Waals surface area contributed by atoms with Crippen LogP contribution in [0.4, 0.5) is 5.69 Å². The van der Waals surface area contributed by atoms with Gasteiger partial charge in [-0.3, -0.25) is 0 Å². The van der Waals surface area contributed by atoms with Crippen LogP contribution in [0.5, 0.6) is 0 Å². The smallest absolute Gasteiger partial charge is 0.0730 e. The van der Waals surface area contributed by atoms with E-state index in [-0.39, 0.29) is 5.41 Å². The highest BCUT2D eigenvalue weighted by Gasteiger charge is 2.18. The Labute approximate surface area is 162 Å². The second-order valence-electron chi connectivity index (χ2n) is 8.66. The zero-order valence-electron chi connectivity index (χ0n) is 16.9. The molecule has 1 saturated heterocycles. The molecule has 0 atom stereocenters. The summed E-state index contributed by atoms with van der Waals surface area (Å²) in [6, 6.07) is 19.7. The number of nitrogens with zero attached hydrogens (tertiary/aromatic N) is 3. The average molecular weight is 360 g/mol. The van der Waals surface area contributed by atoms with E-state index in [1.165, 1.54) is 22.2 Å². The lowest BCUT2D eigenvalue weighted by Crippen LogP contribution is -2.44. The molecule has 3 nitrogen and oxygen atoms in total. The number of fused-ring (bicyclic) bond motifs is 1. The van der Waals surface area contributed by atoms with Crippen LogP contribution in [0.2, 0.25) is 0 Å². The maximum atomic E-state index is 4.97. The molecule has 27 heavy (non-hydrogen) atoms. The van der Waals surface area contributed by atoms with Gasteiger partial charge in [-0.1, -0.05) is 63.2 Å². The van der Waals surface area contributed by atoms with Crippen LogP contribution in [0.25, 0.3) is 22.2 Å². The number of pyridine rings is 1. The van der Waals surface area contributed by atoms with Gasteiger partial charge in [0, 0.05) is 42.8 Å². The van der Waals surface area contributed by atoms with E-state index in [0.29, 0.717) is 0 Å². The van der Waals surface area contributed by atoms with E-state index in [0.717, 1.165) is 37.4 Å². The summed E-state index contributed by atoms with van der Waals surface area (Å²) in [5.74, 6) is 0. The maximum absolute atomic E-state index is 4.97. The molecule has 1 aromatic heterocycles. The Kier molecular flexibility index (Phi) is 4.65. The number of piperazine rings is 1. The number of rotatable bonds is 2. The predicted molar refractivity (Wildman–Crippen MR) is 116 cm³/mol. The van der Waals surface area contributed by atoms with E-state index in [1.807, 2.05) is 0 Å². The maximum Gasteiger partial charge on any atom is 0.0730 e. The number of hydrogen-bond acceptors (Lipinski definition) is 3. The van der Waals surface area contributed by atoms with Crippen molar-refractivity contribution >= 4 is 16.6 Å². The summed E-state index contributed by atoms with van der Waals surface area (Å²) in [4.78, 5) is 9.88. The van der Waals surface area contributed by atoms with Crippen molar-refractivity contribution in [2.75, 3.05) is 38.1 Å². The number of likely N-dealkylation sites (N-methyl/N-ethyl adjacent to an activating group) is 1. The van der Waals surface area contributed by atoms with Crippen LogP contribution in [0.15, 0.2) is 54.6 Å². The van der Waals surface area contributed by atoms with Crippen molar-refractivity contribution in [3.8, 4) is 11.3 Å². The van der Waals surface area contributed by atoms with Crippen molar-refractivity contribution in [3.05, 3.63) is 60.2 Å². The van der Waals surface area contributed by atoms with Crippen LogP contribution in [-0.4, -0.2) is 43.1 Å². The molecule has 0 unspecified atom stereocenters. The van der Waals surface area contributed by atoms with Gasteiger partial charge in [-0.25, -0.2) is 4.98 Å². The van der Waals surface area contributed by atoms with Gasteiger partial charge in [-0.05, 0) is 30.2 Å². The van der Waals surface area contributed by atoms with Gasteiger partial charge in [0.15, 0.2) is 0 Å². The van der Waals surface area contributed by atoms with E-state index in [4.69, 9.17) is 4.98 Å². The van der Waals surface area contributed by atoms with Crippen LogP contribution in [-0.2, 0) is 5.41 Å². The van der Waals surface area contributed by atoms with Gasteiger partial charge >= 0.3 is 0 Å². The average Bonchev–Trinajstić information content (AvgIpc) is 2.67. The molecule has 140 valence electrons. The van der Waals surface area contributed by atoms with E-state index < -0.39 is 0 Å². The van der Waals surface area contributed by atoms with E-state index in [1.54, 1.807) is 0 Å². The molecule has 0 N–H and O–H groups in total. The Balaban J connectivity index is 1.78. The minimum Gasteiger partial charge on any atom is -0.368 e. The Bertz CT molecular complexity index is 930. The lowest BCUT2D eigenvalue weighted by molar-refractivity contribution is 0.313. The molecule has 1 aliphatic heterocycles. The van der Waals surface area contributed by atoms with Crippen molar-refractivity contribution in [1.82, 2.24) is 9.88 Å². The monoisotopic (exact) mass is 359 g/mol. The largest absolute Gasteiger partial charge is 0.368 e. The molecule has 0 amide bonds. The Hall–Kier alpha value is -2.39. The van der Waals surface area contributed by atoms with Crippen LogP contribution < -0.4 is 4.90 Å². The molecule has 1 fully saturated rings. The first-order chi connectivity index (χ1) is 12.9. The molecule has 0 aliphatic carbocycles. The van der Waals surface area contributed by atoms with E-state index >= 15 is 0 Å². The number of aromatic nitrogens is 1. The van der Waals surface area contributed by atoms with Gasteiger partial charge in [0.25, 0.3) is 0 Å². The minimum absolute atomic E-state index is 0.167. The molecule has 1 aliphatic rings. The summed E-state index contributed by atoms with van der Waals surface area (Å²) < 4.78 is 0. The third-order valence-corrected chi connectivity index (χ3v) is 5.58. The Morgan fingerprint density at radius 2 is 1.52 bits per heavy atom. The zero-order valence-corrected chi connectivity index (χ0v) is 16.9. The van der Waals surface area contributed by atoms with E-state index in [9.17, 15) is 0 Å². The molecule has 3 aromatic rings. The number of para-hydroxylation sites is 1. The van der Waals surface area contributed by atoms with Crippen LogP contribution in [0, 0.1) is 0 Å². The number of anilines is 1. The Morgan fingerprint density at radius 3 is 2.19 bits per heavy atom. The Morgan fingerprint density at radius 1 is 0.852 bits per heavy atom. The molecular formula is C24H29N3. The van der Waals surface area contributed by atoms with Crippen LogP contribution in [0.1, 0.15) is 26.3 Å². The van der Waals surface area contributed by atoms with Crippen molar-refractivity contribution < 1.29 is 0 Å². The fraction of sp³-hybridized carbons (Fsp3) is 0.375. The van der Waals surface area contributed by atoms with E-state index in [2.05, 4.69) is 92.2 Å². The van der Waals surface area contributed by atoms with Gasteiger partial charge in [-0.15, -0.1) is 0 Å². The first-order valence-corrected chi connectivity index (χ1v) is 9.86. The molecule has 0 saturated carbocycles. The summed E-state index contributed by atoms with van der Waals surface area (Å²) in [5.41, 5.74) is 6.14. The quantitative estimate of drug-likeness (QED) is 0.645. The van der Waals surface area contributed by atoms with Crippen molar-refractivity contribution in [1.29, 1.82) is 0 Å². The highest BCUT2D eigenvalue weighted by molar-refractivity contribution is 5.94. The molecule has 2 heterocycles. The highest BCUT2D eigenvalue weighted by Crippen LogP contribution is 2.32. The van der Waals surface area contributed by atoms with Crippen LogP contribution >= 0.6 is 0 Å². The number of benzene rings is 2. The highest BCUT2D eigenvalue weighted by atomic mass is 15.2. The predicted octanol–water partition coefficient (Wildman–Crippen LogP) is 4.95. The van der Waals surface area contributed by atoms with Gasteiger partial charge in [0.05, 0.1) is 11.2 Å². The van der Waals surface area contributed by atoms with Crippen molar-refractivity contribution in [2.24, 2.45) is 0 Å². The van der Waals surface area contributed by atoms with Crippen LogP contribution in [0.3, 0.4) is 0 Å². The third kappa shape index (κ3) is 3.70. The first kappa shape index (κ1) is 18.0. The van der Waals surface area contributed by atoms with Crippen molar-refractivity contribution in [2.45, 2.75) is 26.2 Å². The molecule has 0 spiro atoms. The fourth-order valence-electron chi connectivity index (χ4n) is 3.75. The summed E-state index contributed by atoms with van der Waals surface area (Å²) >= 11 is 0.